The zero-order valence-electron chi connectivity index (χ0n) is 35.0. The molecule has 0 aromatic rings. The van der Waals surface area contributed by atoms with E-state index in [2.05, 4.69) is 24.5 Å². The molecule has 0 saturated heterocycles. The normalized spacial score (nSPS) is 13.1. The summed E-state index contributed by atoms with van der Waals surface area (Å²) < 4.78 is 24.0. The quantitative estimate of drug-likeness (QED) is 0.0325. The van der Waals surface area contributed by atoms with Crippen molar-refractivity contribution in [2.75, 3.05) is 47.4 Å². The van der Waals surface area contributed by atoms with Crippen LogP contribution in [0.3, 0.4) is 0 Å². The van der Waals surface area contributed by atoms with Gasteiger partial charge in [0.05, 0.1) is 21.1 Å². The second-order valence-corrected chi connectivity index (χ2v) is 17.7. The Labute approximate surface area is 322 Å². The van der Waals surface area contributed by atoms with E-state index in [1.54, 1.807) is 0 Å². The molecule has 2 amide bonds. The Bertz CT molecular complexity index is 821. The van der Waals surface area contributed by atoms with Gasteiger partial charge in [0.2, 0.25) is 11.8 Å². The maximum Gasteiger partial charge on any atom is 0.472 e. The molecule has 0 rings (SSSR count). The van der Waals surface area contributed by atoms with E-state index < -0.39 is 13.9 Å². The molecule has 52 heavy (non-hydrogen) atoms. The summed E-state index contributed by atoms with van der Waals surface area (Å²) in [5, 5.41) is 5.70. The first-order valence-electron chi connectivity index (χ1n) is 22.0. The van der Waals surface area contributed by atoms with E-state index in [0.717, 1.165) is 38.5 Å². The van der Waals surface area contributed by atoms with Gasteiger partial charge >= 0.3 is 7.82 Å². The van der Waals surface area contributed by atoms with Gasteiger partial charge in [0.15, 0.2) is 0 Å². The van der Waals surface area contributed by atoms with Crippen molar-refractivity contribution in [1.82, 2.24) is 10.6 Å². The van der Waals surface area contributed by atoms with Crippen molar-refractivity contribution in [2.45, 2.75) is 213 Å². The highest BCUT2D eigenvalue weighted by molar-refractivity contribution is 7.47. The summed E-state index contributed by atoms with van der Waals surface area (Å²) in [6.07, 6.45) is 35.3. The van der Waals surface area contributed by atoms with Crippen LogP contribution in [0.25, 0.3) is 0 Å². The molecule has 0 aliphatic rings. The molecule has 0 aromatic carbocycles. The Morgan fingerprint density at radius 2 is 0.827 bits per heavy atom. The summed E-state index contributed by atoms with van der Waals surface area (Å²) in [5.74, 6) is -0.222. The molecule has 0 fully saturated rings. The van der Waals surface area contributed by atoms with Crippen LogP contribution in [0.4, 0.5) is 0 Å². The first kappa shape index (κ1) is 51.0. The zero-order chi connectivity index (χ0) is 38.6. The van der Waals surface area contributed by atoms with Gasteiger partial charge in [0.25, 0.3) is 0 Å². The Kier molecular flexibility index (Phi) is 35.0. The smallest absolute Gasteiger partial charge is 0.353 e. The molecule has 0 aliphatic carbocycles. The van der Waals surface area contributed by atoms with E-state index in [-0.39, 0.29) is 31.5 Å². The van der Waals surface area contributed by atoms with Crippen molar-refractivity contribution in [3.8, 4) is 0 Å². The lowest BCUT2D eigenvalue weighted by Crippen LogP contribution is -2.41. The molecule has 0 aliphatic heterocycles. The van der Waals surface area contributed by atoms with Gasteiger partial charge in [0.1, 0.15) is 19.3 Å². The highest BCUT2D eigenvalue weighted by Crippen LogP contribution is 2.44. The predicted molar refractivity (Wildman–Crippen MR) is 219 cm³/mol. The fourth-order valence-electron chi connectivity index (χ4n) is 6.39. The lowest BCUT2D eigenvalue weighted by Gasteiger charge is -2.25. The van der Waals surface area contributed by atoms with Crippen LogP contribution in [0.1, 0.15) is 206 Å². The molecule has 10 heteroatoms. The minimum atomic E-state index is -4.37. The molecule has 0 heterocycles. The molecule has 1 unspecified atom stereocenters. The first-order chi connectivity index (χ1) is 25.0. The highest BCUT2D eigenvalue weighted by Gasteiger charge is 2.28. The van der Waals surface area contributed by atoms with Gasteiger partial charge in [-0.15, -0.1) is 0 Å². The van der Waals surface area contributed by atoms with E-state index in [1.165, 1.54) is 141 Å². The SMILES string of the molecule is CCCCCCCCCCCCCCCCC(=O)NCC(CNC(=O)CCCCCCCCCCCCCCCC)OP(=O)(O)OCC[N+](C)(C)C. The number of unbranched alkanes of at least 4 members (excludes halogenated alkanes) is 26. The third-order valence-corrected chi connectivity index (χ3v) is 10.9. The molecule has 0 aromatic heterocycles. The number of quaternary nitrogens is 1. The maximum atomic E-state index is 12.7. The molecule has 9 nitrogen and oxygen atoms in total. The molecule has 0 radical (unpaired) electrons. The van der Waals surface area contributed by atoms with Gasteiger partial charge < -0.3 is 20.0 Å². The van der Waals surface area contributed by atoms with Crippen molar-refractivity contribution in [3.63, 3.8) is 0 Å². The number of rotatable bonds is 40. The van der Waals surface area contributed by atoms with Gasteiger partial charge in [-0.3, -0.25) is 18.6 Å². The number of nitrogens with one attached hydrogen (secondary N) is 2. The van der Waals surface area contributed by atoms with Crippen LogP contribution < -0.4 is 10.6 Å². The summed E-state index contributed by atoms with van der Waals surface area (Å²) in [5.41, 5.74) is 0. The Morgan fingerprint density at radius 1 is 0.538 bits per heavy atom. The van der Waals surface area contributed by atoms with Gasteiger partial charge in [-0.25, -0.2) is 4.57 Å². The minimum Gasteiger partial charge on any atom is -0.353 e. The average molecular weight is 761 g/mol. The second-order valence-electron chi connectivity index (χ2n) is 16.3. The van der Waals surface area contributed by atoms with E-state index in [9.17, 15) is 19.0 Å². The predicted octanol–water partition coefficient (Wildman–Crippen LogP) is 11.2. The van der Waals surface area contributed by atoms with Gasteiger partial charge in [-0.05, 0) is 12.8 Å². The van der Waals surface area contributed by atoms with Crippen LogP contribution in [0, 0.1) is 0 Å². The van der Waals surface area contributed by atoms with Crippen LogP contribution in [0.5, 0.6) is 0 Å². The van der Waals surface area contributed by atoms with Crippen LogP contribution in [0.15, 0.2) is 0 Å². The average Bonchev–Trinajstić information content (AvgIpc) is 3.09. The number of hydrogen-bond acceptors (Lipinski definition) is 5. The van der Waals surface area contributed by atoms with E-state index in [4.69, 9.17) is 9.05 Å². The lowest BCUT2D eigenvalue weighted by atomic mass is 10.0. The molecule has 3 N–H and O–H groups in total. The fraction of sp³-hybridized carbons (Fsp3) is 0.952. The number of amides is 2. The fourth-order valence-corrected chi connectivity index (χ4v) is 7.29. The minimum absolute atomic E-state index is 0.0276. The molecule has 0 spiro atoms. The van der Waals surface area contributed by atoms with E-state index in [0.29, 0.717) is 23.9 Å². The molecule has 310 valence electrons. The number of phosphoric ester groups is 1. The molecule has 0 bridgehead atoms. The van der Waals surface area contributed by atoms with Crippen molar-refractivity contribution in [1.29, 1.82) is 0 Å². The number of likely N-dealkylation sites (N-methyl/N-ethyl adjacent to an activating group) is 1. The number of hydrogen-bond donors (Lipinski definition) is 3. The Morgan fingerprint density at radius 3 is 1.12 bits per heavy atom. The zero-order valence-corrected chi connectivity index (χ0v) is 35.9. The van der Waals surface area contributed by atoms with Crippen LogP contribution in [-0.4, -0.2) is 74.7 Å². The van der Waals surface area contributed by atoms with E-state index in [1.807, 2.05) is 21.1 Å². The summed E-state index contributed by atoms with van der Waals surface area (Å²) in [6.45, 7) is 5.17. The second kappa shape index (κ2) is 35.7. The summed E-state index contributed by atoms with van der Waals surface area (Å²) in [7, 11) is 1.53. The van der Waals surface area contributed by atoms with Crippen molar-refractivity contribution < 1.29 is 32.6 Å². The third kappa shape index (κ3) is 38.7. The standard InChI is InChI=1S/C42H86N3O6P/c1-6-8-10-12-14-16-18-20-22-24-26-28-30-32-34-41(46)43-38-40(51-52(48,49)50-37-36-45(3,4)5)39-44-42(47)35-33-31-29-27-25-23-21-19-17-15-13-11-9-7-2/h40H,6-39H2,1-5H3,(H2-,43,44,46,47,48,49)/p+1. The number of nitrogens with zero attached hydrogens (tertiary/aromatic N) is 1. The molecule has 1 atom stereocenters. The maximum absolute atomic E-state index is 12.7. The van der Waals surface area contributed by atoms with Gasteiger partial charge in [-0.2, -0.15) is 0 Å². The van der Waals surface area contributed by atoms with Gasteiger partial charge in [-0.1, -0.05) is 181 Å². The third-order valence-electron chi connectivity index (χ3n) is 9.87. The highest BCUT2D eigenvalue weighted by atomic mass is 31.2. The Hall–Kier alpha value is -0.990. The molecule has 0 saturated carbocycles. The summed E-state index contributed by atoms with van der Waals surface area (Å²) in [4.78, 5) is 35.6. The van der Waals surface area contributed by atoms with Crippen LogP contribution >= 0.6 is 7.82 Å². The molecular weight excluding hydrogens is 673 g/mol. The van der Waals surface area contributed by atoms with Crippen molar-refractivity contribution in [3.05, 3.63) is 0 Å². The summed E-state index contributed by atoms with van der Waals surface area (Å²) >= 11 is 0. The largest absolute Gasteiger partial charge is 0.472 e. The van der Waals surface area contributed by atoms with Crippen molar-refractivity contribution >= 4 is 19.6 Å². The van der Waals surface area contributed by atoms with Gasteiger partial charge in [0, 0.05) is 25.9 Å². The van der Waals surface area contributed by atoms with E-state index >= 15 is 0 Å². The topological polar surface area (TPSA) is 114 Å². The van der Waals surface area contributed by atoms with Crippen LogP contribution in [-0.2, 0) is 23.2 Å². The first-order valence-corrected chi connectivity index (χ1v) is 23.5. The lowest BCUT2D eigenvalue weighted by molar-refractivity contribution is -0.870. The number of phosphoric acid groups is 1. The monoisotopic (exact) mass is 761 g/mol. The Balaban J connectivity index is 4.29. The number of carbonyl (C=O) groups excluding carboxylic acids is 2. The number of carbonyl (C=O) groups is 2. The molecular formula is C42H87N3O6P+. The van der Waals surface area contributed by atoms with Crippen molar-refractivity contribution in [2.24, 2.45) is 0 Å². The van der Waals surface area contributed by atoms with Crippen LogP contribution in [0.2, 0.25) is 0 Å². The summed E-state index contributed by atoms with van der Waals surface area (Å²) in [6, 6.07) is 0.